The fraction of sp³-hybridized carbons (Fsp3) is 0.200. The van der Waals surface area contributed by atoms with Crippen molar-refractivity contribution < 1.29 is 14.3 Å². The lowest BCUT2D eigenvalue weighted by molar-refractivity contribution is 0.160. The summed E-state index contributed by atoms with van der Waals surface area (Å²) in [6.45, 7) is 0.159. The molecule has 3 amide bonds. The van der Waals surface area contributed by atoms with E-state index in [9.17, 15) is 9.59 Å². The second kappa shape index (κ2) is 3.61. The van der Waals surface area contributed by atoms with Crippen molar-refractivity contribution in [2.24, 2.45) is 5.73 Å². The minimum absolute atomic E-state index is 0.159. The SMILES string of the molecule is NC(=O)N1C(=O)OCC1c1ccccc1. The molecule has 1 aliphatic heterocycles. The van der Waals surface area contributed by atoms with E-state index in [1.807, 2.05) is 30.3 Å². The summed E-state index contributed by atoms with van der Waals surface area (Å²) in [4.78, 5) is 23.2. The summed E-state index contributed by atoms with van der Waals surface area (Å²) in [6.07, 6.45) is -0.684. The highest BCUT2D eigenvalue weighted by Crippen LogP contribution is 2.26. The fourth-order valence-corrected chi connectivity index (χ4v) is 1.59. The first kappa shape index (κ1) is 9.51. The average Bonchev–Trinajstić information content (AvgIpc) is 2.61. The van der Waals surface area contributed by atoms with E-state index >= 15 is 0 Å². The quantitative estimate of drug-likeness (QED) is 0.751. The molecule has 1 aliphatic rings. The Hall–Kier alpha value is -2.04. The number of nitrogens with two attached hydrogens (primary N) is 1. The third kappa shape index (κ3) is 1.63. The Kier molecular flexibility index (Phi) is 2.29. The fourth-order valence-electron chi connectivity index (χ4n) is 1.59. The number of nitrogens with zero attached hydrogens (tertiary/aromatic N) is 1. The van der Waals surface area contributed by atoms with Crippen molar-refractivity contribution in [2.45, 2.75) is 6.04 Å². The molecule has 0 aliphatic carbocycles. The Morgan fingerprint density at radius 2 is 2.07 bits per heavy atom. The monoisotopic (exact) mass is 206 g/mol. The molecule has 2 rings (SSSR count). The minimum atomic E-state index is -0.786. The number of amides is 3. The Morgan fingerprint density at radius 3 is 2.67 bits per heavy atom. The molecule has 1 atom stereocenters. The van der Waals surface area contributed by atoms with Crippen LogP contribution in [0.25, 0.3) is 0 Å². The molecule has 0 spiro atoms. The highest BCUT2D eigenvalue weighted by Gasteiger charge is 2.37. The third-order valence-electron chi connectivity index (χ3n) is 2.29. The van der Waals surface area contributed by atoms with Gasteiger partial charge in [-0.3, -0.25) is 0 Å². The number of benzene rings is 1. The van der Waals surface area contributed by atoms with Crippen LogP contribution in [0.15, 0.2) is 30.3 Å². The van der Waals surface area contributed by atoms with Gasteiger partial charge in [0.15, 0.2) is 0 Å². The molecule has 0 saturated carbocycles. The first-order chi connectivity index (χ1) is 7.20. The number of cyclic esters (lactones) is 1. The maximum atomic E-state index is 11.2. The highest BCUT2D eigenvalue weighted by molar-refractivity contribution is 5.91. The van der Waals surface area contributed by atoms with Gasteiger partial charge < -0.3 is 10.5 Å². The Morgan fingerprint density at radius 1 is 1.40 bits per heavy atom. The van der Waals surface area contributed by atoms with Gasteiger partial charge in [0, 0.05) is 0 Å². The summed E-state index contributed by atoms with van der Waals surface area (Å²) in [5.74, 6) is 0. The molecular formula is C10H10N2O3. The predicted octanol–water partition coefficient (Wildman–Crippen LogP) is 1.26. The summed E-state index contributed by atoms with van der Waals surface area (Å²) in [5.41, 5.74) is 5.94. The molecule has 0 aromatic heterocycles. The Balaban J connectivity index is 2.30. The normalized spacial score (nSPS) is 20.1. The molecule has 1 fully saturated rings. The van der Waals surface area contributed by atoms with Crippen molar-refractivity contribution in [1.29, 1.82) is 0 Å². The zero-order valence-corrected chi connectivity index (χ0v) is 7.92. The number of imide groups is 1. The molecule has 5 nitrogen and oxygen atoms in total. The van der Waals surface area contributed by atoms with Crippen LogP contribution >= 0.6 is 0 Å². The second-order valence-electron chi connectivity index (χ2n) is 3.21. The van der Waals surface area contributed by atoms with Crippen molar-refractivity contribution >= 4 is 12.1 Å². The van der Waals surface area contributed by atoms with Gasteiger partial charge in [0.1, 0.15) is 12.6 Å². The van der Waals surface area contributed by atoms with E-state index in [1.54, 1.807) is 0 Å². The average molecular weight is 206 g/mol. The van der Waals surface area contributed by atoms with E-state index in [2.05, 4.69) is 0 Å². The molecule has 0 bridgehead atoms. The van der Waals surface area contributed by atoms with Crippen LogP contribution < -0.4 is 5.73 Å². The second-order valence-corrected chi connectivity index (χ2v) is 3.21. The third-order valence-corrected chi connectivity index (χ3v) is 2.29. The van der Waals surface area contributed by atoms with E-state index in [-0.39, 0.29) is 6.61 Å². The number of hydrogen-bond donors (Lipinski definition) is 1. The number of carbonyl (C=O) groups excluding carboxylic acids is 2. The zero-order chi connectivity index (χ0) is 10.8. The van der Waals surface area contributed by atoms with Crippen molar-refractivity contribution in [3.8, 4) is 0 Å². The highest BCUT2D eigenvalue weighted by atomic mass is 16.6. The van der Waals surface area contributed by atoms with Crippen molar-refractivity contribution in [2.75, 3.05) is 6.61 Å². The van der Waals surface area contributed by atoms with E-state index in [4.69, 9.17) is 10.5 Å². The molecule has 1 unspecified atom stereocenters. The molecule has 5 heteroatoms. The van der Waals surface area contributed by atoms with E-state index < -0.39 is 18.2 Å². The Labute approximate surface area is 86.4 Å². The van der Waals surface area contributed by atoms with Crippen LogP contribution in [-0.2, 0) is 4.74 Å². The number of rotatable bonds is 1. The molecule has 1 aromatic rings. The van der Waals surface area contributed by atoms with E-state index in [0.717, 1.165) is 10.5 Å². The summed E-state index contributed by atoms with van der Waals surface area (Å²) >= 11 is 0. The topological polar surface area (TPSA) is 72.6 Å². The van der Waals surface area contributed by atoms with Gasteiger partial charge in [0.2, 0.25) is 0 Å². The first-order valence-electron chi connectivity index (χ1n) is 4.50. The van der Waals surface area contributed by atoms with Crippen LogP contribution in [0.5, 0.6) is 0 Å². The molecular weight excluding hydrogens is 196 g/mol. The van der Waals surface area contributed by atoms with Crippen molar-refractivity contribution in [3.63, 3.8) is 0 Å². The maximum Gasteiger partial charge on any atom is 0.418 e. The standard InChI is InChI=1S/C10H10N2O3/c11-9(13)12-8(6-15-10(12)14)7-4-2-1-3-5-7/h1-5,8H,6H2,(H2,11,13). The van der Waals surface area contributed by atoms with Crippen molar-refractivity contribution in [3.05, 3.63) is 35.9 Å². The summed E-state index contributed by atoms with van der Waals surface area (Å²) in [7, 11) is 0. The number of urea groups is 1. The number of hydrogen-bond acceptors (Lipinski definition) is 3. The minimum Gasteiger partial charge on any atom is -0.446 e. The van der Waals surface area contributed by atoms with Gasteiger partial charge in [-0.2, -0.15) is 0 Å². The van der Waals surface area contributed by atoms with Crippen LogP contribution in [0.3, 0.4) is 0 Å². The lowest BCUT2D eigenvalue weighted by atomic mass is 10.1. The molecule has 78 valence electrons. The number of ether oxygens (including phenoxy) is 1. The lowest BCUT2D eigenvalue weighted by Gasteiger charge is -2.16. The van der Waals surface area contributed by atoms with Gasteiger partial charge in [-0.05, 0) is 5.56 Å². The van der Waals surface area contributed by atoms with Gasteiger partial charge in [-0.15, -0.1) is 0 Å². The number of carbonyl (C=O) groups is 2. The van der Waals surface area contributed by atoms with Gasteiger partial charge in [-0.1, -0.05) is 30.3 Å². The molecule has 15 heavy (non-hydrogen) atoms. The largest absolute Gasteiger partial charge is 0.446 e. The first-order valence-corrected chi connectivity index (χ1v) is 4.50. The molecule has 2 N–H and O–H groups in total. The van der Waals surface area contributed by atoms with E-state index in [1.165, 1.54) is 0 Å². The molecule has 0 radical (unpaired) electrons. The van der Waals surface area contributed by atoms with Crippen molar-refractivity contribution in [1.82, 2.24) is 4.90 Å². The smallest absolute Gasteiger partial charge is 0.418 e. The molecule has 1 saturated heterocycles. The summed E-state index contributed by atoms with van der Waals surface area (Å²) < 4.78 is 4.78. The van der Waals surface area contributed by atoms with E-state index in [0.29, 0.717) is 0 Å². The summed E-state index contributed by atoms with van der Waals surface area (Å²) in [6, 6.07) is 7.97. The molecule has 1 aromatic carbocycles. The van der Waals surface area contributed by atoms with Crippen LogP contribution in [0, 0.1) is 0 Å². The predicted molar refractivity (Wildman–Crippen MR) is 52.0 cm³/mol. The van der Waals surface area contributed by atoms with Crippen LogP contribution in [-0.4, -0.2) is 23.6 Å². The Bertz CT molecular complexity index is 391. The van der Waals surface area contributed by atoms with Gasteiger partial charge >= 0.3 is 12.1 Å². The maximum absolute atomic E-state index is 11.2. The molecule has 1 heterocycles. The summed E-state index contributed by atoms with van der Waals surface area (Å²) in [5, 5.41) is 0. The lowest BCUT2D eigenvalue weighted by Crippen LogP contribution is -2.38. The number of primary amides is 1. The van der Waals surface area contributed by atoms with Gasteiger partial charge in [-0.25, -0.2) is 14.5 Å². The van der Waals surface area contributed by atoms with Gasteiger partial charge in [0.05, 0.1) is 0 Å². The van der Waals surface area contributed by atoms with Gasteiger partial charge in [0.25, 0.3) is 0 Å². The van der Waals surface area contributed by atoms with Crippen LogP contribution in [0.1, 0.15) is 11.6 Å². The van der Waals surface area contributed by atoms with Crippen LogP contribution in [0.4, 0.5) is 9.59 Å². The van der Waals surface area contributed by atoms with Crippen LogP contribution in [0.2, 0.25) is 0 Å². The zero-order valence-electron chi connectivity index (χ0n) is 7.92.